The molecule has 0 spiro atoms. The summed E-state index contributed by atoms with van der Waals surface area (Å²) >= 11 is 0. The number of rotatable bonds is 2. The first-order valence-corrected chi connectivity index (χ1v) is 6.31. The molecule has 0 aromatic heterocycles. The molecule has 1 heterocycles. The molecular weight excluding hydrogens is 244 g/mol. The number of carboxylic acid groups (broad SMARTS) is 1. The van der Waals surface area contributed by atoms with Gasteiger partial charge in [0.2, 0.25) is 0 Å². The van der Waals surface area contributed by atoms with E-state index < -0.39 is 6.09 Å². The lowest BCUT2D eigenvalue weighted by Gasteiger charge is -2.51. The fourth-order valence-electron chi connectivity index (χ4n) is 2.56. The van der Waals surface area contributed by atoms with E-state index in [1.807, 2.05) is 32.9 Å². The van der Waals surface area contributed by atoms with Gasteiger partial charge < -0.3 is 15.6 Å². The predicted octanol–water partition coefficient (Wildman–Crippen LogP) is 2.42. The molecule has 5 heteroatoms. The molecular formula is C14H20N2O3. The van der Waals surface area contributed by atoms with Crippen LogP contribution in [-0.4, -0.2) is 34.8 Å². The summed E-state index contributed by atoms with van der Waals surface area (Å²) < 4.78 is 5.87. The van der Waals surface area contributed by atoms with E-state index in [1.54, 1.807) is 12.1 Å². The van der Waals surface area contributed by atoms with Gasteiger partial charge in [0, 0.05) is 11.8 Å². The third-order valence-corrected chi connectivity index (χ3v) is 3.34. The van der Waals surface area contributed by atoms with Crippen LogP contribution in [0, 0.1) is 5.41 Å². The minimum atomic E-state index is -0.896. The molecule has 0 radical (unpaired) electrons. The van der Waals surface area contributed by atoms with E-state index in [-0.39, 0.29) is 17.6 Å². The van der Waals surface area contributed by atoms with Gasteiger partial charge in [0.05, 0.1) is 12.6 Å². The van der Waals surface area contributed by atoms with Gasteiger partial charge in [-0.15, -0.1) is 0 Å². The van der Waals surface area contributed by atoms with Crippen molar-refractivity contribution in [1.29, 1.82) is 0 Å². The van der Waals surface area contributed by atoms with Crippen LogP contribution in [0.15, 0.2) is 24.3 Å². The van der Waals surface area contributed by atoms with Gasteiger partial charge in [-0.05, 0) is 17.5 Å². The number of nitrogens with zero attached hydrogens (tertiary/aromatic N) is 1. The van der Waals surface area contributed by atoms with Gasteiger partial charge in [0.25, 0.3) is 0 Å². The molecule has 19 heavy (non-hydrogen) atoms. The van der Waals surface area contributed by atoms with Crippen LogP contribution in [0.4, 0.5) is 10.5 Å². The lowest BCUT2D eigenvalue weighted by atomic mass is 9.77. The molecule has 2 unspecified atom stereocenters. The van der Waals surface area contributed by atoms with Gasteiger partial charge in [-0.2, -0.15) is 0 Å². The van der Waals surface area contributed by atoms with Crippen LogP contribution in [0.3, 0.4) is 0 Å². The molecule has 1 aliphatic rings. The summed E-state index contributed by atoms with van der Waals surface area (Å²) in [6, 6.07) is 7.05. The second-order valence-electron chi connectivity index (χ2n) is 5.97. The van der Waals surface area contributed by atoms with E-state index in [4.69, 9.17) is 15.6 Å². The Labute approximate surface area is 113 Å². The first-order chi connectivity index (χ1) is 8.79. The number of hydrogen-bond donors (Lipinski definition) is 2. The molecule has 5 nitrogen and oxygen atoms in total. The summed E-state index contributed by atoms with van der Waals surface area (Å²) in [4.78, 5) is 12.6. The highest BCUT2D eigenvalue weighted by molar-refractivity contribution is 5.67. The van der Waals surface area contributed by atoms with Crippen LogP contribution in [0.5, 0.6) is 5.75 Å². The fraction of sp³-hybridized carbons (Fsp3) is 0.500. The Balaban J connectivity index is 2.11. The van der Waals surface area contributed by atoms with Crippen molar-refractivity contribution in [3.8, 4) is 5.75 Å². The first kappa shape index (κ1) is 13.5. The lowest BCUT2D eigenvalue weighted by molar-refractivity contribution is -0.0774. The number of ether oxygens (including phenoxy) is 1. The van der Waals surface area contributed by atoms with Crippen LogP contribution >= 0.6 is 0 Å². The first-order valence-electron chi connectivity index (χ1n) is 6.31. The van der Waals surface area contributed by atoms with Crippen LogP contribution in [0.1, 0.15) is 20.8 Å². The second kappa shape index (κ2) is 4.64. The molecule has 1 saturated heterocycles. The van der Waals surface area contributed by atoms with E-state index in [0.717, 1.165) is 0 Å². The zero-order valence-electron chi connectivity index (χ0n) is 11.5. The zero-order valence-corrected chi connectivity index (χ0v) is 11.5. The van der Waals surface area contributed by atoms with Crippen molar-refractivity contribution >= 4 is 11.8 Å². The Morgan fingerprint density at radius 2 is 2.16 bits per heavy atom. The summed E-state index contributed by atoms with van der Waals surface area (Å²) in [6.45, 7) is 6.44. The topological polar surface area (TPSA) is 75.8 Å². The fourth-order valence-corrected chi connectivity index (χ4v) is 2.56. The average molecular weight is 264 g/mol. The molecule has 1 aliphatic heterocycles. The molecule has 0 bridgehead atoms. The number of likely N-dealkylation sites (tertiary alicyclic amines) is 1. The normalized spacial score (nSPS) is 22.8. The van der Waals surface area contributed by atoms with E-state index in [1.165, 1.54) is 4.90 Å². The largest absolute Gasteiger partial charge is 0.486 e. The Morgan fingerprint density at radius 3 is 2.68 bits per heavy atom. The number of benzene rings is 1. The van der Waals surface area contributed by atoms with E-state index in [2.05, 4.69) is 0 Å². The number of amides is 1. The summed E-state index contributed by atoms with van der Waals surface area (Å²) in [7, 11) is 0. The molecule has 1 fully saturated rings. The van der Waals surface area contributed by atoms with Crippen molar-refractivity contribution in [2.45, 2.75) is 32.9 Å². The highest BCUT2D eigenvalue weighted by atomic mass is 16.5. The predicted molar refractivity (Wildman–Crippen MR) is 73.2 cm³/mol. The van der Waals surface area contributed by atoms with Crippen LogP contribution in [0.2, 0.25) is 0 Å². The van der Waals surface area contributed by atoms with Crippen molar-refractivity contribution in [2.75, 3.05) is 12.3 Å². The third kappa shape index (κ3) is 2.75. The Morgan fingerprint density at radius 1 is 1.47 bits per heavy atom. The van der Waals surface area contributed by atoms with E-state index >= 15 is 0 Å². The minimum Gasteiger partial charge on any atom is -0.486 e. The van der Waals surface area contributed by atoms with Gasteiger partial charge in [-0.1, -0.05) is 26.8 Å². The van der Waals surface area contributed by atoms with Crippen LogP contribution < -0.4 is 10.5 Å². The maximum Gasteiger partial charge on any atom is 0.407 e. The van der Waals surface area contributed by atoms with Gasteiger partial charge in [-0.25, -0.2) is 4.79 Å². The highest BCUT2D eigenvalue weighted by Crippen LogP contribution is 2.36. The van der Waals surface area contributed by atoms with Crippen molar-refractivity contribution in [3.05, 3.63) is 24.3 Å². The third-order valence-electron chi connectivity index (χ3n) is 3.34. The molecule has 2 atom stereocenters. The van der Waals surface area contributed by atoms with Crippen molar-refractivity contribution in [1.82, 2.24) is 4.90 Å². The highest BCUT2D eigenvalue weighted by Gasteiger charge is 2.50. The Hall–Kier alpha value is -1.91. The number of nitrogens with two attached hydrogens (primary N) is 1. The molecule has 0 aliphatic carbocycles. The molecule has 2 rings (SSSR count). The zero-order chi connectivity index (χ0) is 14.2. The molecule has 1 amide bonds. The smallest absolute Gasteiger partial charge is 0.407 e. The van der Waals surface area contributed by atoms with Gasteiger partial charge in [-0.3, -0.25) is 4.90 Å². The van der Waals surface area contributed by atoms with E-state index in [9.17, 15) is 4.79 Å². The van der Waals surface area contributed by atoms with Gasteiger partial charge in [0.15, 0.2) is 0 Å². The van der Waals surface area contributed by atoms with Gasteiger partial charge >= 0.3 is 6.09 Å². The van der Waals surface area contributed by atoms with Crippen molar-refractivity contribution in [2.24, 2.45) is 5.41 Å². The Bertz CT molecular complexity index is 482. The van der Waals surface area contributed by atoms with E-state index in [0.29, 0.717) is 18.0 Å². The van der Waals surface area contributed by atoms with Crippen LogP contribution in [0.25, 0.3) is 0 Å². The van der Waals surface area contributed by atoms with Gasteiger partial charge in [0.1, 0.15) is 11.9 Å². The molecule has 1 aromatic rings. The molecule has 104 valence electrons. The Kier molecular flexibility index (Phi) is 3.30. The maximum atomic E-state index is 11.1. The quantitative estimate of drug-likeness (QED) is 0.804. The molecule has 0 saturated carbocycles. The lowest BCUT2D eigenvalue weighted by Crippen LogP contribution is -2.68. The summed E-state index contributed by atoms with van der Waals surface area (Å²) in [5.41, 5.74) is 6.18. The number of carbonyl (C=O) groups is 1. The standard InChI is InChI=1S/C14H20N2O3/c1-14(2,3)12-11(8-16(12)13(17)18)19-10-6-4-5-9(15)7-10/h4-7,11-12H,8,15H2,1-3H3,(H,17,18). The minimum absolute atomic E-state index is 0.127. The summed E-state index contributed by atoms with van der Waals surface area (Å²) in [5, 5.41) is 9.15. The monoisotopic (exact) mass is 264 g/mol. The van der Waals surface area contributed by atoms with Crippen molar-refractivity contribution < 1.29 is 14.6 Å². The molecule has 3 N–H and O–H groups in total. The van der Waals surface area contributed by atoms with Crippen LogP contribution in [-0.2, 0) is 0 Å². The average Bonchev–Trinajstić information content (AvgIpc) is 2.20. The second-order valence-corrected chi connectivity index (χ2v) is 5.97. The number of anilines is 1. The maximum absolute atomic E-state index is 11.1. The molecule has 1 aromatic carbocycles. The number of nitrogen functional groups attached to an aromatic ring is 1. The summed E-state index contributed by atoms with van der Waals surface area (Å²) in [5.74, 6) is 0.685. The van der Waals surface area contributed by atoms with Crippen molar-refractivity contribution in [3.63, 3.8) is 0 Å². The SMILES string of the molecule is CC(C)(C)C1C(Oc2cccc(N)c2)CN1C(=O)O. The summed E-state index contributed by atoms with van der Waals surface area (Å²) in [6.07, 6.45) is -1.02. The number of hydrogen-bond acceptors (Lipinski definition) is 3.